The van der Waals surface area contributed by atoms with Gasteiger partial charge in [-0.15, -0.1) is 0 Å². The second-order valence-electron chi connectivity index (χ2n) is 5.70. The fourth-order valence-electron chi connectivity index (χ4n) is 2.51. The number of phenolic OH excluding ortho intramolecular Hbond substituents is 2. The number of phenols is 2. The fraction of sp³-hybridized carbons (Fsp3) is 0.333. The Morgan fingerprint density at radius 3 is 1.50 bits per heavy atom. The molecule has 0 heterocycles. The maximum absolute atomic E-state index is 9.50. The average molecular weight is 270 g/mol. The highest BCUT2D eigenvalue weighted by molar-refractivity contribution is 5.28. The van der Waals surface area contributed by atoms with E-state index in [0.29, 0.717) is 23.3 Å². The second-order valence-corrected chi connectivity index (χ2v) is 5.70. The van der Waals surface area contributed by atoms with Gasteiger partial charge in [0.1, 0.15) is 11.5 Å². The number of hydrogen-bond donors (Lipinski definition) is 2. The van der Waals surface area contributed by atoms with Crippen LogP contribution in [0.3, 0.4) is 0 Å². The molecule has 2 unspecified atom stereocenters. The standard InChI is InChI=1S/C18H22O2/c1-13(9-15-5-3-7-17(19)11-15)14(2)10-16-6-4-8-18(20)12-16/h3-8,11-14,19-20H,9-10H2,1-2H3. The van der Waals surface area contributed by atoms with E-state index in [9.17, 15) is 10.2 Å². The van der Waals surface area contributed by atoms with Crippen molar-refractivity contribution in [3.63, 3.8) is 0 Å². The summed E-state index contributed by atoms with van der Waals surface area (Å²) < 4.78 is 0. The fourth-order valence-corrected chi connectivity index (χ4v) is 2.51. The van der Waals surface area contributed by atoms with Crippen LogP contribution in [-0.4, -0.2) is 10.2 Å². The van der Waals surface area contributed by atoms with Crippen LogP contribution < -0.4 is 0 Å². The van der Waals surface area contributed by atoms with Crippen LogP contribution in [0.5, 0.6) is 11.5 Å². The van der Waals surface area contributed by atoms with E-state index in [1.807, 2.05) is 24.3 Å². The summed E-state index contributed by atoms with van der Waals surface area (Å²) in [5, 5.41) is 19.0. The van der Waals surface area contributed by atoms with E-state index in [-0.39, 0.29) is 0 Å². The minimum atomic E-state index is 0.329. The molecule has 2 heteroatoms. The molecule has 0 saturated carbocycles. The van der Waals surface area contributed by atoms with Gasteiger partial charge in [0, 0.05) is 0 Å². The van der Waals surface area contributed by atoms with Crippen molar-refractivity contribution < 1.29 is 10.2 Å². The van der Waals surface area contributed by atoms with Crippen LogP contribution in [-0.2, 0) is 12.8 Å². The summed E-state index contributed by atoms with van der Waals surface area (Å²) in [4.78, 5) is 0. The molecule has 2 aromatic rings. The molecular weight excluding hydrogens is 248 g/mol. The van der Waals surface area contributed by atoms with E-state index >= 15 is 0 Å². The van der Waals surface area contributed by atoms with Gasteiger partial charge in [-0.1, -0.05) is 38.1 Å². The van der Waals surface area contributed by atoms with Crippen LogP contribution in [0.1, 0.15) is 25.0 Å². The van der Waals surface area contributed by atoms with Crippen LogP contribution in [0.2, 0.25) is 0 Å². The van der Waals surface area contributed by atoms with E-state index < -0.39 is 0 Å². The maximum atomic E-state index is 9.50. The number of aromatic hydroxyl groups is 2. The zero-order valence-electron chi connectivity index (χ0n) is 12.1. The molecule has 0 radical (unpaired) electrons. The Labute approximate surface area is 120 Å². The van der Waals surface area contributed by atoms with Gasteiger partial charge in [0.25, 0.3) is 0 Å². The summed E-state index contributed by atoms with van der Waals surface area (Å²) in [6, 6.07) is 14.9. The first-order valence-corrected chi connectivity index (χ1v) is 7.10. The molecule has 0 fully saturated rings. The summed E-state index contributed by atoms with van der Waals surface area (Å²) >= 11 is 0. The molecule has 0 saturated heterocycles. The third-order valence-electron chi connectivity index (χ3n) is 3.91. The minimum absolute atomic E-state index is 0.329. The average Bonchev–Trinajstić information content (AvgIpc) is 2.38. The van der Waals surface area contributed by atoms with E-state index in [0.717, 1.165) is 12.8 Å². The zero-order chi connectivity index (χ0) is 14.5. The van der Waals surface area contributed by atoms with Crippen molar-refractivity contribution in [3.8, 4) is 11.5 Å². The van der Waals surface area contributed by atoms with Gasteiger partial charge in [-0.3, -0.25) is 0 Å². The van der Waals surface area contributed by atoms with Gasteiger partial charge >= 0.3 is 0 Å². The summed E-state index contributed by atoms with van der Waals surface area (Å²) in [5.74, 6) is 1.68. The topological polar surface area (TPSA) is 40.5 Å². The Morgan fingerprint density at radius 1 is 0.750 bits per heavy atom. The number of rotatable bonds is 5. The predicted molar refractivity (Wildman–Crippen MR) is 81.9 cm³/mol. The molecule has 2 nitrogen and oxygen atoms in total. The van der Waals surface area contributed by atoms with E-state index in [1.54, 1.807) is 12.1 Å². The van der Waals surface area contributed by atoms with Crippen molar-refractivity contribution in [3.05, 3.63) is 59.7 Å². The normalized spacial score (nSPS) is 13.9. The lowest BCUT2D eigenvalue weighted by Gasteiger charge is -2.20. The van der Waals surface area contributed by atoms with E-state index in [4.69, 9.17) is 0 Å². The Hall–Kier alpha value is -1.96. The summed E-state index contributed by atoms with van der Waals surface area (Å²) in [6.45, 7) is 4.47. The third kappa shape index (κ3) is 4.02. The second kappa shape index (κ2) is 6.47. The molecule has 0 aliphatic rings. The molecule has 2 aromatic carbocycles. The van der Waals surface area contributed by atoms with Crippen molar-refractivity contribution in [1.82, 2.24) is 0 Å². The van der Waals surface area contributed by atoms with E-state index in [2.05, 4.69) is 26.0 Å². The van der Waals surface area contributed by atoms with E-state index in [1.165, 1.54) is 11.1 Å². The van der Waals surface area contributed by atoms with Gasteiger partial charge in [-0.25, -0.2) is 0 Å². The number of benzene rings is 2. The van der Waals surface area contributed by atoms with Gasteiger partial charge in [0.05, 0.1) is 0 Å². The van der Waals surface area contributed by atoms with Crippen molar-refractivity contribution in [2.45, 2.75) is 26.7 Å². The monoisotopic (exact) mass is 270 g/mol. The Balaban J connectivity index is 1.96. The highest BCUT2D eigenvalue weighted by atomic mass is 16.3. The molecule has 0 aromatic heterocycles. The minimum Gasteiger partial charge on any atom is -0.508 e. The van der Waals surface area contributed by atoms with Gasteiger partial charge < -0.3 is 10.2 Å². The largest absolute Gasteiger partial charge is 0.508 e. The van der Waals surface area contributed by atoms with Crippen molar-refractivity contribution in [2.75, 3.05) is 0 Å². The first-order chi connectivity index (χ1) is 9.54. The lowest BCUT2D eigenvalue weighted by molar-refractivity contribution is 0.382. The highest BCUT2D eigenvalue weighted by Gasteiger charge is 2.14. The molecule has 0 spiro atoms. The van der Waals surface area contributed by atoms with Crippen LogP contribution >= 0.6 is 0 Å². The summed E-state index contributed by atoms with van der Waals surface area (Å²) in [5.41, 5.74) is 2.33. The van der Waals surface area contributed by atoms with Crippen molar-refractivity contribution in [1.29, 1.82) is 0 Å². The molecule has 0 bridgehead atoms. The van der Waals surface area contributed by atoms with Crippen molar-refractivity contribution >= 4 is 0 Å². The molecule has 0 aliphatic heterocycles. The first kappa shape index (κ1) is 14.4. The molecule has 2 atom stereocenters. The van der Waals surface area contributed by atoms with Crippen molar-refractivity contribution in [2.24, 2.45) is 11.8 Å². The SMILES string of the molecule is CC(Cc1cccc(O)c1)C(C)Cc1cccc(O)c1. The molecule has 20 heavy (non-hydrogen) atoms. The Morgan fingerprint density at radius 2 is 1.15 bits per heavy atom. The van der Waals surface area contributed by atoms with Gasteiger partial charge in [0.2, 0.25) is 0 Å². The quantitative estimate of drug-likeness (QED) is 0.856. The smallest absolute Gasteiger partial charge is 0.115 e. The van der Waals surface area contributed by atoms with Crippen LogP contribution in [0, 0.1) is 11.8 Å². The lowest BCUT2D eigenvalue weighted by atomic mass is 9.85. The van der Waals surface area contributed by atoms with Crippen LogP contribution in [0.4, 0.5) is 0 Å². The Bertz CT molecular complexity index is 511. The molecular formula is C18H22O2. The predicted octanol–water partition coefficient (Wildman–Crippen LogP) is 4.16. The molecule has 106 valence electrons. The van der Waals surface area contributed by atoms with Crippen LogP contribution in [0.15, 0.2) is 48.5 Å². The third-order valence-corrected chi connectivity index (χ3v) is 3.91. The summed E-state index contributed by atoms with van der Waals surface area (Å²) in [7, 11) is 0. The summed E-state index contributed by atoms with van der Waals surface area (Å²) in [6.07, 6.45) is 1.91. The Kier molecular flexibility index (Phi) is 4.67. The first-order valence-electron chi connectivity index (χ1n) is 7.10. The number of hydrogen-bond acceptors (Lipinski definition) is 2. The maximum Gasteiger partial charge on any atom is 0.115 e. The molecule has 0 amide bonds. The molecule has 2 rings (SSSR count). The van der Waals surface area contributed by atoms with Crippen LogP contribution in [0.25, 0.3) is 0 Å². The van der Waals surface area contributed by atoms with Gasteiger partial charge in [-0.05, 0) is 60.1 Å². The van der Waals surface area contributed by atoms with Gasteiger partial charge in [-0.2, -0.15) is 0 Å². The lowest BCUT2D eigenvalue weighted by Crippen LogP contribution is -2.13. The van der Waals surface area contributed by atoms with Gasteiger partial charge in [0.15, 0.2) is 0 Å². The molecule has 2 N–H and O–H groups in total. The zero-order valence-corrected chi connectivity index (χ0v) is 12.1. The highest BCUT2D eigenvalue weighted by Crippen LogP contribution is 2.23. The molecule has 0 aliphatic carbocycles.